The SMILES string of the molecule is COc1ccc(N2CCCC2)cc1C(C)O. The second-order valence-corrected chi connectivity index (χ2v) is 4.30. The molecule has 1 saturated heterocycles. The Kier molecular flexibility index (Phi) is 3.34. The summed E-state index contributed by atoms with van der Waals surface area (Å²) in [7, 11) is 1.64. The van der Waals surface area contributed by atoms with Crippen molar-refractivity contribution in [2.75, 3.05) is 25.1 Å². The van der Waals surface area contributed by atoms with Crippen LogP contribution in [0.4, 0.5) is 5.69 Å². The molecular weight excluding hydrogens is 202 g/mol. The van der Waals surface area contributed by atoms with Gasteiger partial charge in [0, 0.05) is 24.3 Å². The Balaban J connectivity index is 2.30. The van der Waals surface area contributed by atoms with E-state index in [-0.39, 0.29) is 0 Å². The molecule has 0 saturated carbocycles. The van der Waals surface area contributed by atoms with Crippen LogP contribution in [0.2, 0.25) is 0 Å². The fraction of sp³-hybridized carbons (Fsp3) is 0.538. The summed E-state index contributed by atoms with van der Waals surface area (Å²) in [6, 6.07) is 6.04. The molecule has 1 atom stereocenters. The Morgan fingerprint density at radius 2 is 2.00 bits per heavy atom. The normalized spacial score (nSPS) is 17.6. The highest BCUT2D eigenvalue weighted by atomic mass is 16.5. The van der Waals surface area contributed by atoms with Gasteiger partial charge in [-0.3, -0.25) is 0 Å². The molecule has 0 spiro atoms. The molecule has 1 heterocycles. The molecule has 3 heteroatoms. The molecule has 2 rings (SSSR count). The molecule has 1 aliphatic heterocycles. The number of aliphatic hydroxyl groups is 1. The zero-order valence-electron chi connectivity index (χ0n) is 9.94. The van der Waals surface area contributed by atoms with Crippen LogP contribution in [0.3, 0.4) is 0 Å². The number of ether oxygens (including phenoxy) is 1. The minimum Gasteiger partial charge on any atom is -0.496 e. The second kappa shape index (κ2) is 4.74. The number of rotatable bonds is 3. The Labute approximate surface area is 96.6 Å². The van der Waals surface area contributed by atoms with E-state index in [1.54, 1.807) is 14.0 Å². The van der Waals surface area contributed by atoms with Crippen LogP contribution in [0.15, 0.2) is 18.2 Å². The lowest BCUT2D eigenvalue weighted by Crippen LogP contribution is -2.17. The van der Waals surface area contributed by atoms with Crippen LogP contribution in [0.5, 0.6) is 5.75 Å². The van der Waals surface area contributed by atoms with Crippen LogP contribution in [-0.2, 0) is 0 Å². The number of hydrogen-bond donors (Lipinski definition) is 1. The summed E-state index contributed by atoms with van der Waals surface area (Å²) in [6.07, 6.45) is 2.03. The van der Waals surface area contributed by atoms with Crippen molar-refractivity contribution in [1.29, 1.82) is 0 Å². The summed E-state index contributed by atoms with van der Waals surface area (Å²) in [5.74, 6) is 0.762. The average molecular weight is 221 g/mol. The maximum Gasteiger partial charge on any atom is 0.124 e. The molecule has 1 aromatic carbocycles. The van der Waals surface area contributed by atoms with E-state index in [1.807, 2.05) is 12.1 Å². The third kappa shape index (κ3) is 2.14. The standard InChI is InChI=1S/C13H19NO2/c1-10(15)12-9-11(5-6-13(12)16-2)14-7-3-4-8-14/h5-6,9-10,15H,3-4,7-8H2,1-2H3. The topological polar surface area (TPSA) is 32.7 Å². The molecular formula is C13H19NO2. The van der Waals surface area contributed by atoms with E-state index in [9.17, 15) is 5.11 Å². The molecule has 0 bridgehead atoms. The van der Waals surface area contributed by atoms with Crippen LogP contribution in [0.1, 0.15) is 31.4 Å². The van der Waals surface area contributed by atoms with Gasteiger partial charge in [-0.1, -0.05) is 0 Å². The number of hydrogen-bond acceptors (Lipinski definition) is 3. The molecule has 0 amide bonds. The third-order valence-corrected chi connectivity index (χ3v) is 3.13. The van der Waals surface area contributed by atoms with Crippen LogP contribution in [0.25, 0.3) is 0 Å². The van der Waals surface area contributed by atoms with Gasteiger partial charge < -0.3 is 14.7 Å². The van der Waals surface area contributed by atoms with Gasteiger partial charge in [0.15, 0.2) is 0 Å². The quantitative estimate of drug-likeness (QED) is 0.850. The first kappa shape index (κ1) is 11.3. The lowest BCUT2D eigenvalue weighted by atomic mass is 10.1. The van der Waals surface area contributed by atoms with Gasteiger partial charge in [0.2, 0.25) is 0 Å². The summed E-state index contributed by atoms with van der Waals surface area (Å²) in [5.41, 5.74) is 2.06. The average Bonchev–Trinajstić information content (AvgIpc) is 2.81. The molecule has 1 unspecified atom stereocenters. The van der Waals surface area contributed by atoms with Gasteiger partial charge in [0.05, 0.1) is 13.2 Å². The fourth-order valence-corrected chi connectivity index (χ4v) is 2.22. The highest BCUT2D eigenvalue weighted by Crippen LogP contribution is 2.30. The third-order valence-electron chi connectivity index (χ3n) is 3.13. The van der Waals surface area contributed by atoms with E-state index in [0.29, 0.717) is 0 Å². The maximum absolute atomic E-state index is 9.70. The van der Waals surface area contributed by atoms with E-state index in [4.69, 9.17) is 4.74 Å². The van der Waals surface area contributed by atoms with Crippen molar-refractivity contribution in [2.24, 2.45) is 0 Å². The van der Waals surface area contributed by atoms with E-state index in [1.165, 1.54) is 18.5 Å². The Morgan fingerprint density at radius 3 is 2.56 bits per heavy atom. The number of benzene rings is 1. The molecule has 0 aliphatic carbocycles. The lowest BCUT2D eigenvalue weighted by Gasteiger charge is -2.20. The second-order valence-electron chi connectivity index (χ2n) is 4.30. The highest BCUT2D eigenvalue weighted by Gasteiger charge is 2.15. The van der Waals surface area contributed by atoms with Gasteiger partial charge in [0.1, 0.15) is 5.75 Å². The summed E-state index contributed by atoms with van der Waals surface area (Å²) >= 11 is 0. The zero-order chi connectivity index (χ0) is 11.5. The molecule has 3 nitrogen and oxygen atoms in total. The van der Waals surface area contributed by atoms with Crippen molar-refractivity contribution < 1.29 is 9.84 Å². The fourth-order valence-electron chi connectivity index (χ4n) is 2.22. The predicted octanol–water partition coefficient (Wildman–Crippen LogP) is 2.35. The van der Waals surface area contributed by atoms with Crippen molar-refractivity contribution in [3.05, 3.63) is 23.8 Å². The van der Waals surface area contributed by atoms with Gasteiger partial charge in [-0.05, 0) is 38.0 Å². The largest absolute Gasteiger partial charge is 0.496 e. The Bertz CT molecular complexity index is 357. The van der Waals surface area contributed by atoms with Crippen molar-refractivity contribution >= 4 is 5.69 Å². The van der Waals surface area contributed by atoms with Gasteiger partial charge in [-0.25, -0.2) is 0 Å². The van der Waals surface area contributed by atoms with Crippen molar-refractivity contribution in [1.82, 2.24) is 0 Å². The highest BCUT2D eigenvalue weighted by molar-refractivity contribution is 5.54. The number of methoxy groups -OCH3 is 1. The van der Waals surface area contributed by atoms with Crippen molar-refractivity contribution in [3.8, 4) is 5.75 Å². The summed E-state index contributed by atoms with van der Waals surface area (Å²) in [6.45, 7) is 4.00. The van der Waals surface area contributed by atoms with E-state index >= 15 is 0 Å². The van der Waals surface area contributed by atoms with E-state index in [0.717, 1.165) is 24.4 Å². The predicted molar refractivity (Wildman–Crippen MR) is 65.1 cm³/mol. The molecule has 1 aromatic rings. The molecule has 88 valence electrons. The zero-order valence-corrected chi connectivity index (χ0v) is 9.94. The molecule has 1 aliphatic rings. The van der Waals surface area contributed by atoms with E-state index in [2.05, 4.69) is 11.0 Å². The first-order chi connectivity index (χ1) is 7.72. The Hall–Kier alpha value is -1.22. The Morgan fingerprint density at radius 1 is 1.31 bits per heavy atom. The van der Waals surface area contributed by atoms with Gasteiger partial charge >= 0.3 is 0 Å². The lowest BCUT2D eigenvalue weighted by molar-refractivity contribution is 0.194. The molecule has 0 radical (unpaired) electrons. The summed E-state index contributed by atoms with van der Waals surface area (Å²) < 4.78 is 5.25. The van der Waals surface area contributed by atoms with Crippen molar-refractivity contribution in [2.45, 2.75) is 25.9 Å². The minimum atomic E-state index is -0.488. The first-order valence-corrected chi connectivity index (χ1v) is 5.83. The molecule has 1 N–H and O–H groups in total. The monoisotopic (exact) mass is 221 g/mol. The smallest absolute Gasteiger partial charge is 0.124 e. The summed E-state index contributed by atoms with van der Waals surface area (Å²) in [4.78, 5) is 2.35. The van der Waals surface area contributed by atoms with Gasteiger partial charge in [-0.15, -0.1) is 0 Å². The van der Waals surface area contributed by atoms with Crippen LogP contribution < -0.4 is 9.64 Å². The molecule has 0 aromatic heterocycles. The molecule has 1 fully saturated rings. The van der Waals surface area contributed by atoms with Crippen LogP contribution >= 0.6 is 0 Å². The number of aliphatic hydroxyl groups excluding tert-OH is 1. The maximum atomic E-state index is 9.70. The first-order valence-electron chi connectivity index (χ1n) is 5.83. The van der Waals surface area contributed by atoms with E-state index < -0.39 is 6.10 Å². The van der Waals surface area contributed by atoms with Gasteiger partial charge in [0.25, 0.3) is 0 Å². The molecule has 16 heavy (non-hydrogen) atoms. The van der Waals surface area contributed by atoms with Crippen LogP contribution in [0, 0.1) is 0 Å². The minimum absolute atomic E-state index is 0.488. The summed E-state index contributed by atoms with van der Waals surface area (Å²) in [5, 5.41) is 9.70. The van der Waals surface area contributed by atoms with Crippen LogP contribution in [-0.4, -0.2) is 25.3 Å². The van der Waals surface area contributed by atoms with Crippen molar-refractivity contribution in [3.63, 3.8) is 0 Å². The number of nitrogens with zero attached hydrogens (tertiary/aromatic N) is 1. The van der Waals surface area contributed by atoms with Gasteiger partial charge in [-0.2, -0.15) is 0 Å². The number of anilines is 1.